The largest absolute Gasteiger partial charge is 0.436 e. The number of anilines is 3. The lowest BCUT2D eigenvalue weighted by Gasteiger charge is -2.24. The van der Waals surface area contributed by atoms with E-state index in [9.17, 15) is 0 Å². The molecule has 0 saturated heterocycles. The Morgan fingerprint density at radius 1 is 0.854 bits per heavy atom. The van der Waals surface area contributed by atoms with E-state index in [2.05, 4.69) is 119 Å². The predicted molar refractivity (Wildman–Crippen MR) is 177 cm³/mol. The third-order valence-electron chi connectivity index (χ3n) is 8.08. The number of rotatable bonds is 7. The number of benzene rings is 4. The SMILES string of the molecule is CCN1/C(=C/C=C/c2n(CC)c3cc(Cl)ccc3[n+]2CC)N(c2ccccc2)c2ccc(-c3nc4ccccc4o3)cc21.[O-][Cl+3]([O-])([O-])[O-]. The lowest BCUT2D eigenvalue weighted by molar-refractivity contribution is -2.00. The van der Waals surface area contributed by atoms with Crippen molar-refractivity contribution >= 4 is 56.9 Å². The summed E-state index contributed by atoms with van der Waals surface area (Å²) in [5.74, 6) is 2.85. The number of nitrogens with zero attached hydrogens (tertiary/aromatic N) is 5. The van der Waals surface area contributed by atoms with Crippen LogP contribution in [0.4, 0.5) is 17.1 Å². The van der Waals surface area contributed by atoms with Crippen LogP contribution in [0.3, 0.4) is 0 Å². The molecule has 246 valence electrons. The molecule has 0 atom stereocenters. The summed E-state index contributed by atoms with van der Waals surface area (Å²) in [6, 6.07) is 31.0. The molecule has 1 aliphatic heterocycles. The number of aryl methyl sites for hydroxylation is 2. The van der Waals surface area contributed by atoms with Crippen LogP contribution in [-0.2, 0) is 13.1 Å². The summed E-state index contributed by atoms with van der Waals surface area (Å²) < 4.78 is 44.8. The zero-order valence-corrected chi connectivity index (χ0v) is 28.1. The Morgan fingerprint density at radius 2 is 1.58 bits per heavy atom. The molecule has 0 bridgehead atoms. The number of fused-ring (bicyclic) bond motifs is 3. The van der Waals surface area contributed by atoms with Gasteiger partial charge in [-0.25, -0.2) is 32.8 Å². The van der Waals surface area contributed by atoms with Gasteiger partial charge >= 0.3 is 0 Å². The molecule has 10 nitrogen and oxygen atoms in total. The van der Waals surface area contributed by atoms with Crippen LogP contribution in [0.15, 0.2) is 113 Å². The molecule has 0 spiro atoms. The lowest BCUT2D eigenvalue weighted by atomic mass is 10.1. The smallest absolute Gasteiger partial charge is 0.282 e. The third kappa shape index (κ3) is 6.67. The van der Waals surface area contributed by atoms with Crippen LogP contribution in [-0.4, -0.2) is 16.1 Å². The molecule has 3 heterocycles. The number of halogens is 2. The summed E-state index contributed by atoms with van der Waals surface area (Å²) in [6.45, 7) is 9.06. The lowest BCUT2D eigenvalue weighted by Crippen LogP contribution is -2.68. The van der Waals surface area contributed by atoms with Crippen molar-refractivity contribution < 1.29 is 37.9 Å². The normalized spacial score (nSPS) is 14.0. The van der Waals surface area contributed by atoms with Crippen molar-refractivity contribution in [1.82, 2.24) is 9.55 Å². The van der Waals surface area contributed by atoms with Gasteiger partial charge in [0.15, 0.2) is 16.6 Å². The van der Waals surface area contributed by atoms with Gasteiger partial charge in [-0.2, -0.15) is 0 Å². The molecule has 2 aromatic heterocycles. The van der Waals surface area contributed by atoms with Gasteiger partial charge in [0.25, 0.3) is 5.82 Å². The van der Waals surface area contributed by atoms with Gasteiger partial charge in [0.05, 0.1) is 24.5 Å². The summed E-state index contributed by atoms with van der Waals surface area (Å²) in [4.78, 5) is 9.43. The van der Waals surface area contributed by atoms with Crippen molar-refractivity contribution in [3.05, 3.63) is 120 Å². The van der Waals surface area contributed by atoms with E-state index in [-0.39, 0.29) is 0 Å². The number of hydrogen-bond acceptors (Lipinski definition) is 8. The van der Waals surface area contributed by atoms with Crippen molar-refractivity contribution in [2.75, 3.05) is 16.3 Å². The van der Waals surface area contributed by atoms with Crippen molar-refractivity contribution in [1.29, 1.82) is 0 Å². The van der Waals surface area contributed by atoms with Crippen LogP contribution in [0.1, 0.15) is 26.6 Å². The number of imidazole rings is 1. The van der Waals surface area contributed by atoms with Gasteiger partial charge in [-0.15, -0.1) is 10.2 Å². The van der Waals surface area contributed by atoms with Crippen LogP contribution in [0.25, 0.3) is 39.7 Å². The van der Waals surface area contributed by atoms with Gasteiger partial charge in [-0.3, -0.25) is 4.90 Å². The quantitative estimate of drug-likeness (QED) is 0.228. The minimum atomic E-state index is -4.94. The molecular weight excluding hydrogens is 653 g/mol. The monoisotopic (exact) mass is 685 g/mol. The van der Waals surface area contributed by atoms with Crippen LogP contribution in [0.2, 0.25) is 5.02 Å². The molecule has 0 aliphatic carbocycles. The Labute approximate surface area is 285 Å². The first-order valence-corrected chi connectivity index (χ1v) is 17.1. The second-order valence-electron chi connectivity index (χ2n) is 10.8. The molecular formula is C36H33Cl2N5O5. The number of allylic oxidation sites excluding steroid dienone is 2. The van der Waals surface area contributed by atoms with Gasteiger partial charge < -0.3 is 9.32 Å². The number of oxazole rings is 1. The fourth-order valence-corrected chi connectivity index (χ4v) is 6.34. The highest BCUT2D eigenvalue weighted by Crippen LogP contribution is 2.47. The highest BCUT2D eigenvalue weighted by molar-refractivity contribution is 6.31. The molecule has 48 heavy (non-hydrogen) atoms. The third-order valence-corrected chi connectivity index (χ3v) is 8.31. The maximum atomic E-state index is 8.49. The van der Waals surface area contributed by atoms with Gasteiger partial charge in [0, 0.05) is 35.0 Å². The maximum absolute atomic E-state index is 8.49. The van der Waals surface area contributed by atoms with Crippen LogP contribution < -0.4 is 33.0 Å². The minimum Gasteiger partial charge on any atom is -0.436 e. The second kappa shape index (κ2) is 13.8. The number of aromatic nitrogens is 3. The first-order chi connectivity index (χ1) is 23.1. The van der Waals surface area contributed by atoms with E-state index in [0.29, 0.717) is 5.89 Å². The molecule has 7 rings (SSSR count). The summed E-state index contributed by atoms with van der Waals surface area (Å²) in [5, 5.41) is 0.749. The molecule has 0 N–H and O–H groups in total. The molecule has 12 heteroatoms. The van der Waals surface area contributed by atoms with E-state index >= 15 is 0 Å². The van der Waals surface area contributed by atoms with Crippen molar-refractivity contribution in [2.45, 2.75) is 33.9 Å². The number of hydrogen-bond donors (Lipinski definition) is 0. The van der Waals surface area contributed by atoms with Gasteiger partial charge in [-0.1, -0.05) is 48.0 Å². The molecule has 4 aromatic carbocycles. The molecule has 0 radical (unpaired) electrons. The standard InChI is InChI=1S/C36H33ClN5O.ClHO4/c1-4-39-29-22-20-26(37)24-32(29)40(5-2)34(39)17-12-18-35-41(6-3)31-23-25(36-38-28-15-10-11-16-33(28)43-36)19-21-30(31)42(35)27-13-8-7-9-14-27;2-1(3,4)5/h7-24H,4-6H2,1-3H3;(H,2,3,4,5)/q+1;/p-1. The molecule has 6 aromatic rings. The molecule has 0 unspecified atom stereocenters. The highest BCUT2D eigenvalue weighted by atomic mass is 35.7. The van der Waals surface area contributed by atoms with E-state index in [0.717, 1.165) is 75.5 Å². The zero-order chi connectivity index (χ0) is 34.0. The first-order valence-electron chi connectivity index (χ1n) is 15.5. The van der Waals surface area contributed by atoms with E-state index < -0.39 is 10.2 Å². The second-order valence-corrected chi connectivity index (χ2v) is 12.0. The molecule has 0 saturated carbocycles. The van der Waals surface area contributed by atoms with Crippen molar-refractivity contribution in [3.8, 4) is 11.5 Å². The van der Waals surface area contributed by atoms with Crippen molar-refractivity contribution in [3.63, 3.8) is 0 Å². The van der Waals surface area contributed by atoms with Crippen LogP contribution in [0.5, 0.6) is 0 Å². The minimum absolute atomic E-state index is 0.625. The summed E-state index contributed by atoms with van der Waals surface area (Å²) in [7, 11) is -4.94. The Kier molecular flexibility index (Phi) is 9.56. The van der Waals surface area contributed by atoms with Crippen LogP contribution >= 0.6 is 11.6 Å². The fraction of sp³-hybridized carbons (Fsp3) is 0.167. The predicted octanol–water partition coefficient (Wildman–Crippen LogP) is 4.21. The zero-order valence-electron chi connectivity index (χ0n) is 26.5. The first kappa shape index (κ1) is 33.2. The number of para-hydroxylation sites is 3. The maximum Gasteiger partial charge on any atom is 0.282 e. The average Bonchev–Trinajstić information content (AvgIpc) is 3.73. The highest BCUT2D eigenvalue weighted by Gasteiger charge is 2.32. The van der Waals surface area contributed by atoms with E-state index in [1.165, 1.54) is 5.52 Å². The summed E-state index contributed by atoms with van der Waals surface area (Å²) in [6.07, 6.45) is 6.58. The van der Waals surface area contributed by atoms with Crippen molar-refractivity contribution in [2.24, 2.45) is 0 Å². The van der Waals surface area contributed by atoms with E-state index in [4.69, 9.17) is 39.6 Å². The Balaban J connectivity index is 0.000000749. The van der Waals surface area contributed by atoms with E-state index in [1.807, 2.05) is 30.3 Å². The Hall–Kier alpha value is -4.68. The molecule has 0 amide bonds. The van der Waals surface area contributed by atoms with E-state index in [1.54, 1.807) is 0 Å². The van der Waals surface area contributed by atoms with Crippen LogP contribution in [0, 0.1) is 10.2 Å². The molecule has 0 fully saturated rings. The topological polar surface area (TPSA) is 134 Å². The fourth-order valence-electron chi connectivity index (χ4n) is 6.17. The van der Waals surface area contributed by atoms with Gasteiger partial charge in [-0.05, 0) is 81.4 Å². The summed E-state index contributed by atoms with van der Waals surface area (Å²) in [5.41, 5.74) is 8.27. The van der Waals surface area contributed by atoms with Gasteiger partial charge in [0.2, 0.25) is 5.89 Å². The average molecular weight is 687 g/mol. The van der Waals surface area contributed by atoms with Gasteiger partial charge in [0.1, 0.15) is 11.3 Å². The Morgan fingerprint density at radius 3 is 2.27 bits per heavy atom. The summed E-state index contributed by atoms with van der Waals surface area (Å²) >= 11 is 6.39. The Bertz CT molecular complexity index is 2100. The molecule has 1 aliphatic rings.